The van der Waals surface area contributed by atoms with Gasteiger partial charge in [0, 0.05) is 11.4 Å². The number of fused-ring (bicyclic) bond motifs is 1. The topological polar surface area (TPSA) is 58.6 Å². The number of H-pyrrole nitrogens is 1. The molecule has 2 heterocycles. The fraction of sp³-hybridized carbons (Fsp3) is 0.174. The summed E-state index contributed by atoms with van der Waals surface area (Å²) >= 11 is 1.42. The first-order valence-electron chi connectivity index (χ1n) is 9.53. The van der Waals surface area contributed by atoms with E-state index >= 15 is 0 Å². The van der Waals surface area contributed by atoms with Gasteiger partial charge in [-0.25, -0.2) is 9.97 Å². The van der Waals surface area contributed by atoms with Gasteiger partial charge in [-0.2, -0.15) is 13.2 Å². The van der Waals surface area contributed by atoms with Gasteiger partial charge in [-0.1, -0.05) is 54.2 Å². The van der Waals surface area contributed by atoms with Gasteiger partial charge < -0.3 is 4.98 Å². The van der Waals surface area contributed by atoms with Crippen molar-refractivity contribution in [3.8, 4) is 0 Å². The lowest BCUT2D eigenvalue weighted by Crippen LogP contribution is -2.12. The van der Waals surface area contributed by atoms with Gasteiger partial charge in [0.15, 0.2) is 10.8 Å². The van der Waals surface area contributed by atoms with Crippen LogP contribution >= 0.6 is 11.8 Å². The van der Waals surface area contributed by atoms with Crippen LogP contribution in [0.5, 0.6) is 0 Å². The molecule has 0 bridgehead atoms. The van der Waals surface area contributed by atoms with Gasteiger partial charge in [0.25, 0.3) is 5.56 Å². The third-order valence-electron chi connectivity index (χ3n) is 4.86. The number of aromatic amines is 1. The highest BCUT2D eigenvalue weighted by molar-refractivity contribution is 7.98. The number of hydrogen-bond donors (Lipinski definition) is 1. The van der Waals surface area contributed by atoms with E-state index in [4.69, 9.17) is 0 Å². The van der Waals surface area contributed by atoms with Gasteiger partial charge in [0.05, 0.1) is 10.9 Å². The molecule has 0 atom stereocenters. The van der Waals surface area contributed by atoms with Crippen LogP contribution in [0.25, 0.3) is 11.0 Å². The predicted molar refractivity (Wildman–Crippen MR) is 115 cm³/mol. The van der Waals surface area contributed by atoms with Gasteiger partial charge in [-0.15, -0.1) is 0 Å². The Morgan fingerprint density at radius 3 is 2.35 bits per heavy atom. The third kappa shape index (κ3) is 4.96. The third-order valence-corrected chi connectivity index (χ3v) is 5.81. The molecule has 2 aromatic carbocycles. The Kier molecular flexibility index (Phi) is 5.82. The second-order valence-electron chi connectivity index (χ2n) is 7.12. The van der Waals surface area contributed by atoms with E-state index in [0.29, 0.717) is 39.6 Å². The van der Waals surface area contributed by atoms with Gasteiger partial charge in [0.2, 0.25) is 0 Å². The van der Waals surface area contributed by atoms with Crippen molar-refractivity contribution in [3.05, 3.63) is 99.0 Å². The highest BCUT2D eigenvalue weighted by Crippen LogP contribution is 2.29. The van der Waals surface area contributed by atoms with E-state index in [1.54, 1.807) is 13.0 Å². The number of benzene rings is 2. The number of pyridine rings is 1. The molecule has 4 nitrogen and oxygen atoms in total. The predicted octanol–water partition coefficient (Wildman–Crippen LogP) is 5.53. The van der Waals surface area contributed by atoms with Crippen LogP contribution in [0.3, 0.4) is 0 Å². The fourth-order valence-corrected chi connectivity index (χ4v) is 3.99. The smallest absolute Gasteiger partial charge is 0.301 e. The molecule has 0 amide bonds. The van der Waals surface area contributed by atoms with Crippen molar-refractivity contribution in [1.29, 1.82) is 0 Å². The Bertz CT molecular complexity index is 1270. The summed E-state index contributed by atoms with van der Waals surface area (Å²) in [7, 11) is 0. The van der Waals surface area contributed by atoms with Crippen molar-refractivity contribution < 1.29 is 13.2 Å². The summed E-state index contributed by atoms with van der Waals surface area (Å²) in [6.07, 6.45) is -4.00. The number of nitrogens with one attached hydrogen (secondary N) is 1. The maximum absolute atomic E-state index is 12.8. The molecule has 4 aromatic rings. The van der Waals surface area contributed by atoms with E-state index in [-0.39, 0.29) is 5.56 Å². The summed E-state index contributed by atoms with van der Waals surface area (Å²) in [5.41, 5.74) is 2.65. The molecule has 0 saturated carbocycles. The van der Waals surface area contributed by atoms with Crippen molar-refractivity contribution >= 4 is 22.8 Å². The molecule has 0 aliphatic carbocycles. The number of halogens is 3. The maximum atomic E-state index is 12.8. The van der Waals surface area contributed by atoms with Crippen molar-refractivity contribution in [2.45, 2.75) is 30.4 Å². The van der Waals surface area contributed by atoms with Crippen LogP contribution in [0.15, 0.2) is 70.6 Å². The Hall–Kier alpha value is -3.13. The zero-order valence-corrected chi connectivity index (χ0v) is 17.3. The van der Waals surface area contributed by atoms with E-state index in [9.17, 15) is 18.0 Å². The molecule has 0 unspecified atom stereocenters. The minimum atomic E-state index is -4.37. The number of rotatable bonds is 5. The molecule has 4 rings (SSSR count). The SMILES string of the molecule is Cc1nc2nc(SCc3ccccc3)[nH]c(=O)c2cc1Cc1ccc(C(F)(F)F)cc1. The molecule has 158 valence electrons. The van der Waals surface area contributed by atoms with Crippen molar-refractivity contribution in [3.63, 3.8) is 0 Å². The second-order valence-corrected chi connectivity index (χ2v) is 8.08. The Labute approximate surface area is 180 Å². The summed E-state index contributed by atoms with van der Waals surface area (Å²) in [6.45, 7) is 1.80. The van der Waals surface area contributed by atoms with Crippen molar-refractivity contribution in [2.24, 2.45) is 0 Å². The molecule has 0 saturated heterocycles. The average Bonchev–Trinajstić information content (AvgIpc) is 2.74. The van der Waals surface area contributed by atoms with Gasteiger partial charge in [-0.3, -0.25) is 4.79 Å². The first-order valence-corrected chi connectivity index (χ1v) is 10.5. The molecular formula is C23H18F3N3OS. The monoisotopic (exact) mass is 441 g/mol. The second kappa shape index (κ2) is 8.55. The van der Waals surface area contributed by atoms with Crippen molar-refractivity contribution in [2.75, 3.05) is 0 Å². The molecule has 1 N–H and O–H groups in total. The maximum Gasteiger partial charge on any atom is 0.416 e. The molecular weight excluding hydrogens is 423 g/mol. The minimum absolute atomic E-state index is 0.290. The first-order chi connectivity index (χ1) is 14.8. The standard InChI is InChI=1S/C23H18F3N3OS/c1-14-17(11-15-7-9-18(10-8-15)23(24,25)26)12-19-20(27-14)28-22(29-21(19)30)31-13-16-5-3-2-4-6-16/h2-10,12H,11,13H2,1H3,(H,27,28,29,30). The van der Waals surface area contributed by atoms with Gasteiger partial charge in [-0.05, 0) is 48.2 Å². The number of aryl methyl sites for hydroxylation is 1. The Balaban J connectivity index is 1.58. The van der Waals surface area contributed by atoms with E-state index in [1.807, 2.05) is 30.3 Å². The van der Waals surface area contributed by atoms with Crippen LogP contribution in [0.4, 0.5) is 13.2 Å². The zero-order chi connectivity index (χ0) is 22.0. The van der Waals surface area contributed by atoms with Crippen LogP contribution in [-0.2, 0) is 18.3 Å². The number of nitrogens with zero attached hydrogens (tertiary/aromatic N) is 2. The van der Waals surface area contributed by atoms with Crippen LogP contribution in [0.1, 0.15) is 27.9 Å². The fourth-order valence-electron chi connectivity index (χ4n) is 3.18. The molecule has 8 heteroatoms. The highest BCUT2D eigenvalue weighted by atomic mass is 32.2. The Morgan fingerprint density at radius 2 is 1.68 bits per heavy atom. The summed E-state index contributed by atoms with van der Waals surface area (Å²) in [6, 6.07) is 16.6. The zero-order valence-electron chi connectivity index (χ0n) is 16.5. The lowest BCUT2D eigenvalue weighted by Gasteiger charge is -2.10. The largest absolute Gasteiger partial charge is 0.416 e. The normalized spacial score (nSPS) is 11.7. The summed E-state index contributed by atoms with van der Waals surface area (Å²) in [5.74, 6) is 0.667. The van der Waals surface area contributed by atoms with Crippen LogP contribution in [0.2, 0.25) is 0 Å². The summed E-state index contributed by atoms with van der Waals surface area (Å²) < 4.78 is 38.3. The van der Waals surface area contributed by atoms with E-state index in [2.05, 4.69) is 15.0 Å². The van der Waals surface area contributed by atoms with E-state index in [1.165, 1.54) is 23.9 Å². The quantitative estimate of drug-likeness (QED) is 0.327. The number of alkyl halides is 3. The lowest BCUT2D eigenvalue weighted by molar-refractivity contribution is -0.137. The van der Waals surface area contributed by atoms with Crippen LogP contribution in [-0.4, -0.2) is 15.0 Å². The summed E-state index contributed by atoms with van der Waals surface area (Å²) in [5, 5.41) is 0.848. The summed E-state index contributed by atoms with van der Waals surface area (Å²) in [4.78, 5) is 24.3. The van der Waals surface area contributed by atoms with Crippen LogP contribution < -0.4 is 5.56 Å². The van der Waals surface area contributed by atoms with Crippen LogP contribution in [0, 0.1) is 6.92 Å². The molecule has 0 spiro atoms. The average molecular weight is 441 g/mol. The molecule has 0 aliphatic heterocycles. The van der Waals surface area contributed by atoms with E-state index in [0.717, 1.165) is 23.3 Å². The highest BCUT2D eigenvalue weighted by Gasteiger charge is 2.29. The first kappa shape index (κ1) is 21.1. The van der Waals surface area contributed by atoms with Gasteiger partial charge >= 0.3 is 6.18 Å². The van der Waals surface area contributed by atoms with Crippen molar-refractivity contribution in [1.82, 2.24) is 15.0 Å². The lowest BCUT2D eigenvalue weighted by atomic mass is 10.0. The van der Waals surface area contributed by atoms with Gasteiger partial charge in [0.1, 0.15) is 0 Å². The van der Waals surface area contributed by atoms with E-state index < -0.39 is 11.7 Å². The number of aromatic nitrogens is 3. The number of thioether (sulfide) groups is 1. The molecule has 0 fully saturated rings. The molecule has 0 aliphatic rings. The molecule has 0 radical (unpaired) electrons. The number of hydrogen-bond acceptors (Lipinski definition) is 4. The molecule has 31 heavy (non-hydrogen) atoms. The minimum Gasteiger partial charge on any atom is -0.301 e. The Morgan fingerprint density at radius 1 is 0.968 bits per heavy atom. The molecule has 2 aromatic heterocycles.